The van der Waals surface area contributed by atoms with Crippen LogP contribution in [0.2, 0.25) is 0 Å². The zero-order valence-corrected chi connectivity index (χ0v) is 16.8. The van der Waals surface area contributed by atoms with Crippen molar-refractivity contribution in [2.75, 3.05) is 12.4 Å². The van der Waals surface area contributed by atoms with Crippen molar-refractivity contribution in [1.82, 2.24) is 20.2 Å². The van der Waals surface area contributed by atoms with Crippen molar-refractivity contribution in [1.29, 1.82) is 0 Å². The van der Waals surface area contributed by atoms with Crippen LogP contribution in [0.4, 0.5) is 5.82 Å². The van der Waals surface area contributed by atoms with Gasteiger partial charge in [0.25, 0.3) is 5.91 Å². The fraction of sp³-hybridized carbons (Fsp3) is 0.400. The van der Waals surface area contributed by atoms with Gasteiger partial charge in [-0.05, 0) is 55.7 Å². The summed E-state index contributed by atoms with van der Waals surface area (Å²) in [5.41, 5.74) is 1.42. The summed E-state index contributed by atoms with van der Waals surface area (Å²) < 4.78 is 0. The number of allylic oxidation sites excluding steroid dienone is 3. The standard InChI is InChI=1S/C20H23N5O2S/c1-13(16-18(27)24-20(25(16)2)7-4-3-5-8-20)10-14(11-26)23-17-15-6-9-28-19(15)22-12-21-17/h6,9-12H,3-5,7-8H2,1-2H3,(H,24,27)(H,21,22,23)/b14-10+,16-13-. The van der Waals surface area contributed by atoms with E-state index in [1.807, 2.05) is 25.4 Å². The molecule has 1 amide bonds. The van der Waals surface area contributed by atoms with E-state index in [4.69, 9.17) is 0 Å². The number of anilines is 1. The minimum Gasteiger partial charge on any atom is -0.347 e. The molecule has 1 spiro atoms. The molecule has 0 bridgehead atoms. The third-order valence-electron chi connectivity index (χ3n) is 5.62. The van der Waals surface area contributed by atoms with Gasteiger partial charge < -0.3 is 15.5 Å². The maximum Gasteiger partial charge on any atom is 0.269 e. The predicted octanol–water partition coefficient (Wildman–Crippen LogP) is 3.18. The first-order chi connectivity index (χ1) is 13.5. The van der Waals surface area contributed by atoms with Crippen molar-refractivity contribution in [3.8, 4) is 0 Å². The molecule has 1 aliphatic heterocycles. The quantitative estimate of drug-likeness (QED) is 0.609. The van der Waals surface area contributed by atoms with E-state index in [0.29, 0.717) is 17.2 Å². The number of carbonyl (C=O) groups is 2. The van der Waals surface area contributed by atoms with Gasteiger partial charge in [-0.25, -0.2) is 9.97 Å². The van der Waals surface area contributed by atoms with Crippen LogP contribution in [0.3, 0.4) is 0 Å². The molecule has 1 saturated carbocycles. The van der Waals surface area contributed by atoms with Crippen LogP contribution in [-0.2, 0) is 9.59 Å². The number of amides is 1. The first-order valence-electron chi connectivity index (χ1n) is 9.43. The third-order valence-corrected chi connectivity index (χ3v) is 6.44. The van der Waals surface area contributed by atoms with E-state index in [0.717, 1.165) is 47.8 Å². The lowest BCUT2D eigenvalue weighted by atomic mass is 9.88. The topological polar surface area (TPSA) is 87.2 Å². The second-order valence-corrected chi connectivity index (χ2v) is 8.24. The average Bonchev–Trinajstić information content (AvgIpc) is 3.26. The van der Waals surface area contributed by atoms with Gasteiger partial charge in [0, 0.05) is 7.05 Å². The summed E-state index contributed by atoms with van der Waals surface area (Å²) in [6.07, 6.45) is 9.25. The molecule has 1 aliphatic carbocycles. The molecule has 28 heavy (non-hydrogen) atoms. The second-order valence-electron chi connectivity index (χ2n) is 7.34. The Bertz CT molecular complexity index is 987. The number of carbonyl (C=O) groups excluding carboxylic acids is 2. The highest BCUT2D eigenvalue weighted by Gasteiger charge is 2.46. The normalized spacial score (nSPS) is 21.1. The molecule has 3 heterocycles. The molecule has 2 N–H and O–H groups in total. The number of hydrogen-bond donors (Lipinski definition) is 2. The maximum absolute atomic E-state index is 12.7. The van der Waals surface area contributed by atoms with Crippen molar-refractivity contribution < 1.29 is 9.59 Å². The lowest BCUT2D eigenvalue weighted by Gasteiger charge is -2.40. The minimum absolute atomic E-state index is 0.0781. The van der Waals surface area contributed by atoms with Crippen LogP contribution in [0.15, 0.2) is 40.8 Å². The lowest BCUT2D eigenvalue weighted by Crippen LogP contribution is -2.51. The van der Waals surface area contributed by atoms with E-state index in [-0.39, 0.29) is 11.6 Å². The van der Waals surface area contributed by atoms with Gasteiger partial charge >= 0.3 is 0 Å². The van der Waals surface area contributed by atoms with Crippen LogP contribution < -0.4 is 10.6 Å². The van der Waals surface area contributed by atoms with Crippen LogP contribution in [-0.4, -0.2) is 39.8 Å². The van der Waals surface area contributed by atoms with Crippen molar-refractivity contribution in [2.45, 2.75) is 44.7 Å². The van der Waals surface area contributed by atoms with Crippen LogP contribution >= 0.6 is 11.3 Å². The van der Waals surface area contributed by atoms with Gasteiger partial charge in [-0.3, -0.25) is 9.59 Å². The van der Waals surface area contributed by atoms with Crippen LogP contribution in [0.5, 0.6) is 0 Å². The third kappa shape index (κ3) is 3.17. The highest BCUT2D eigenvalue weighted by atomic mass is 32.1. The molecule has 7 nitrogen and oxygen atoms in total. The van der Waals surface area contributed by atoms with Gasteiger partial charge in [0.2, 0.25) is 0 Å². The van der Waals surface area contributed by atoms with E-state index >= 15 is 0 Å². The number of nitrogens with zero attached hydrogens (tertiary/aromatic N) is 3. The molecule has 0 atom stereocenters. The van der Waals surface area contributed by atoms with E-state index in [2.05, 4.69) is 25.5 Å². The number of nitrogens with one attached hydrogen (secondary N) is 2. The van der Waals surface area contributed by atoms with Crippen molar-refractivity contribution >= 4 is 39.6 Å². The van der Waals surface area contributed by atoms with Crippen molar-refractivity contribution in [2.24, 2.45) is 0 Å². The second kappa shape index (κ2) is 7.35. The molecule has 2 aromatic heterocycles. The molecule has 2 aromatic rings. The van der Waals surface area contributed by atoms with E-state index < -0.39 is 0 Å². The number of aldehydes is 1. The summed E-state index contributed by atoms with van der Waals surface area (Å²) in [6, 6.07) is 1.92. The first kappa shape index (κ1) is 18.6. The van der Waals surface area contributed by atoms with Gasteiger partial charge in [-0.15, -0.1) is 11.3 Å². The molecule has 0 aromatic carbocycles. The molecule has 2 fully saturated rings. The zero-order valence-electron chi connectivity index (χ0n) is 16.0. The van der Waals surface area contributed by atoms with E-state index in [9.17, 15) is 9.59 Å². The SMILES string of the molecule is CC(/C=C(\C=O)Nc1ncnc2sccc12)=C1\C(=O)NC2(CCCCC2)N1C. The van der Waals surface area contributed by atoms with Gasteiger partial charge in [-0.1, -0.05) is 6.42 Å². The van der Waals surface area contributed by atoms with Gasteiger partial charge in [0.15, 0.2) is 6.29 Å². The lowest BCUT2D eigenvalue weighted by molar-refractivity contribution is -0.117. The largest absolute Gasteiger partial charge is 0.347 e. The van der Waals surface area contributed by atoms with Crippen LogP contribution in [0, 0.1) is 0 Å². The molecule has 8 heteroatoms. The molecule has 146 valence electrons. The molecule has 0 radical (unpaired) electrons. The van der Waals surface area contributed by atoms with Crippen molar-refractivity contribution in [3.05, 3.63) is 40.8 Å². The molecule has 2 aliphatic rings. The highest BCUT2D eigenvalue weighted by Crippen LogP contribution is 2.38. The Labute approximate surface area is 167 Å². The molecular formula is C20H23N5O2S. The van der Waals surface area contributed by atoms with Crippen molar-refractivity contribution in [3.63, 3.8) is 0 Å². The summed E-state index contributed by atoms with van der Waals surface area (Å²) >= 11 is 1.52. The summed E-state index contributed by atoms with van der Waals surface area (Å²) in [6.45, 7) is 1.86. The highest BCUT2D eigenvalue weighted by molar-refractivity contribution is 7.16. The summed E-state index contributed by atoms with van der Waals surface area (Å²) in [7, 11) is 1.96. The fourth-order valence-electron chi connectivity index (χ4n) is 4.19. The Hall–Kier alpha value is -2.74. The first-order valence-corrected chi connectivity index (χ1v) is 10.3. The van der Waals surface area contributed by atoms with Gasteiger partial charge in [0.05, 0.1) is 11.1 Å². The molecular weight excluding hydrogens is 374 g/mol. The van der Waals surface area contributed by atoms with Gasteiger partial charge in [0.1, 0.15) is 28.3 Å². The Morgan fingerprint density at radius 2 is 2.11 bits per heavy atom. The maximum atomic E-state index is 12.7. The Morgan fingerprint density at radius 1 is 1.32 bits per heavy atom. The van der Waals surface area contributed by atoms with Crippen LogP contribution in [0.25, 0.3) is 10.2 Å². The van der Waals surface area contributed by atoms with Crippen LogP contribution in [0.1, 0.15) is 39.0 Å². The number of fused-ring (bicyclic) bond motifs is 1. The molecule has 4 rings (SSSR count). The summed E-state index contributed by atoms with van der Waals surface area (Å²) in [4.78, 5) is 35.8. The van der Waals surface area contributed by atoms with Gasteiger partial charge in [-0.2, -0.15) is 0 Å². The Kier molecular flexibility index (Phi) is 4.89. The fourth-order valence-corrected chi connectivity index (χ4v) is 4.92. The molecule has 0 unspecified atom stereocenters. The Balaban J connectivity index is 1.65. The van der Waals surface area contributed by atoms with E-state index in [1.54, 1.807) is 6.08 Å². The molecule has 1 saturated heterocycles. The smallest absolute Gasteiger partial charge is 0.269 e. The predicted molar refractivity (Wildman–Crippen MR) is 110 cm³/mol. The summed E-state index contributed by atoms with van der Waals surface area (Å²) in [5, 5.41) is 9.06. The zero-order chi connectivity index (χ0) is 19.7. The number of rotatable bonds is 4. The number of aromatic nitrogens is 2. The number of hydrogen-bond acceptors (Lipinski definition) is 7. The Morgan fingerprint density at radius 3 is 2.86 bits per heavy atom. The minimum atomic E-state index is -0.288. The summed E-state index contributed by atoms with van der Waals surface area (Å²) in [5.74, 6) is 0.501. The number of likely N-dealkylation sites (N-methyl/N-ethyl adjacent to an activating group) is 1. The monoisotopic (exact) mass is 397 g/mol. The number of thiophene rings is 1. The average molecular weight is 398 g/mol. The van der Waals surface area contributed by atoms with E-state index in [1.165, 1.54) is 24.1 Å².